The number of nitrogens with one attached hydrogen (secondary N) is 3. The molecule has 1 saturated carbocycles. The predicted octanol–water partition coefficient (Wildman–Crippen LogP) is 0.645. The number of carbonyl (C=O) groups excluding carboxylic acids is 4. The highest BCUT2D eigenvalue weighted by atomic mass is 16.2. The molecule has 5 rings (SSSR count). The number of allylic oxidation sites excluding steroid dienone is 2. The van der Waals surface area contributed by atoms with E-state index in [9.17, 15) is 19.2 Å². The lowest BCUT2D eigenvalue weighted by Gasteiger charge is -2.16. The molecule has 9 nitrogen and oxygen atoms in total. The summed E-state index contributed by atoms with van der Waals surface area (Å²) in [5.74, 6) is -2.36. The van der Waals surface area contributed by atoms with E-state index in [0.29, 0.717) is 5.69 Å². The molecule has 3 aliphatic rings. The molecule has 1 saturated heterocycles. The van der Waals surface area contributed by atoms with Gasteiger partial charge in [0.2, 0.25) is 11.8 Å². The molecule has 152 valence electrons. The highest BCUT2D eigenvalue weighted by molar-refractivity contribution is 6.08. The number of aromatic nitrogens is 2. The molecule has 2 bridgehead atoms. The fourth-order valence-corrected chi connectivity index (χ4v) is 4.69. The van der Waals surface area contributed by atoms with Crippen LogP contribution in [0.5, 0.6) is 0 Å². The quantitative estimate of drug-likeness (QED) is 0.391. The van der Waals surface area contributed by atoms with Crippen molar-refractivity contribution in [3.8, 4) is 11.3 Å². The Kier molecular flexibility index (Phi) is 4.23. The summed E-state index contributed by atoms with van der Waals surface area (Å²) in [4.78, 5) is 50.7. The molecule has 4 atom stereocenters. The SMILES string of the molecule is O=C(CN1C(=O)C2C3C=CC(C3)C2C1=O)NNC(=O)c1cc(-c2ccccc2)n[nH]1. The lowest BCUT2D eigenvalue weighted by molar-refractivity contribution is -0.144. The molecule has 2 heterocycles. The summed E-state index contributed by atoms with van der Waals surface area (Å²) in [6.07, 6.45) is 4.82. The van der Waals surface area contributed by atoms with Gasteiger partial charge in [-0.15, -0.1) is 0 Å². The fourth-order valence-electron chi connectivity index (χ4n) is 4.69. The minimum atomic E-state index is -0.645. The van der Waals surface area contributed by atoms with Crippen molar-refractivity contribution in [1.29, 1.82) is 0 Å². The highest BCUT2D eigenvalue weighted by Gasteiger charge is 2.59. The van der Waals surface area contributed by atoms with Crippen LogP contribution in [0.15, 0.2) is 48.6 Å². The van der Waals surface area contributed by atoms with E-state index in [1.165, 1.54) is 0 Å². The van der Waals surface area contributed by atoms with Gasteiger partial charge in [-0.2, -0.15) is 5.10 Å². The number of rotatable bonds is 4. The van der Waals surface area contributed by atoms with Crippen LogP contribution in [-0.4, -0.2) is 45.3 Å². The van der Waals surface area contributed by atoms with Crippen molar-refractivity contribution in [3.63, 3.8) is 0 Å². The van der Waals surface area contributed by atoms with Gasteiger partial charge in [0.05, 0.1) is 17.5 Å². The molecule has 1 aromatic heterocycles. The number of hydrazine groups is 1. The zero-order chi connectivity index (χ0) is 20.8. The highest BCUT2D eigenvalue weighted by Crippen LogP contribution is 2.52. The van der Waals surface area contributed by atoms with Crippen molar-refractivity contribution in [2.75, 3.05) is 6.54 Å². The molecule has 1 aliphatic heterocycles. The van der Waals surface area contributed by atoms with E-state index in [4.69, 9.17) is 0 Å². The molecule has 2 fully saturated rings. The van der Waals surface area contributed by atoms with Gasteiger partial charge >= 0.3 is 0 Å². The Hall–Kier alpha value is -3.75. The van der Waals surface area contributed by atoms with Crippen LogP contribution in [0, 0.1) is 23.7 Å². The van der Waals surface area contributed by atoms with Gasteiger partial charge in [0, 0.05) is 5.56 Å². The van der Waals surface area contributed by atoms with Gasteiger partial charge in [-0.05, 0) is 24.3 Å². The molecule has 3 N–H and O–H groups in total. The Labute approximate surface area is 171 Å². The summed E-state index contributed by atoms with van der Waals surface area (Å²) in [7, 11) is 0. The second-order valence-corrected chi connectivity index (χ2v) is 7.80. The van der Waals surface area contributed by atoms with Crippen molar-refractivity contribution in [3.05, 3.63) is 54.2 Å². The van der Waals surface area contributed by atoms with Crippen LogP contribution in [0.2, 0.25) is 0 Å². The first-order chi connectivity index (χ1) is 14.5. The molecular formula is C21H19N5O4. The maximum Gasteiger partial charge on any atom is 0.287 e. The van der Waals surface area contributed by atoms with Crippen LogP contribution in [0.4, 0.5) is 0 Å². The van der Waals surface area contributed by atoms with E-state index >= 15 is 0 Å². The number of imide groups is 1. The van der Waals surface area contributed by atoms with Crippen molar-refractivity contribution in [2.24, 2.45) is 23.7 Å². The number of nitrogens with zero attached hydrogens (tertiary/aromatic N) is 2. The minimum Gasteiger partial charge on any atom is -0.274 e. The Balaban J connectivity index is 1.17. The standard InChI is InChI=1S/C21H19N5O4/c27-16(10-26-20(29)17-12-6-7-13(8-12)18(17)21(26)30)24-25-19(28)15-9-14(22-23-15)11-4-2-1-3-5-11/h1-7,9,12-13,17-18H,8,10H2,(H,22,23)(H,24,27)(H,25,28). The lowest BCUT2D eigenvalue weighted by Crippen LogP contribution is -2.48. The molecule has 4 unspecified atom stereocenters. The van der Waals surface area contributed by atoms with Crippen LogP contribution >= 0.6 is 0 Å². The number of H-pyrrole nitrogens is 1. The summed E-state index contributed by atoms with van der Waals surface area (Å²) < 4.78 is 0. The maximum atomic E-state index is 12.6. The molecule has 0 spiro atoms. The first-order valence-electron chi connectivity index (χ1n) is 9.76. The molecular weight excluding hydrogens is 386 g/mol. The number of benzene rings is 1. The first-order valence-corrected chi connectivity index (χ1v) is 9.76. The Morgan fingerprint density at radius 1 is 1.03 bits per heavy atom. The molecule has 1 aromatic carbocycles. The van der Waals surface area contributed by atoms with E-state index in [-0.39, 0.29) is 41.2 Å². The van der Waals surface area contributed by atoms with Crippen LogP contribution in [-0.2, 0) is 14.4 Å². The Morgan fingerprint density at radius 2 is 1.70 bits per heavy atom. The second-order valence-electron chi connectivity index (χ2n) is 7.80. The number of hydrogen-bond acceptors (Lipinski definition) is 5. The van der Waals surface area contributed by atoms with Gasteiger partial charge in [0.25, 0.3) is 11.8 Å². The second kappa shape index (κ2) is 6.94. The smallest absolute Gasteiger partial charge is 0.274 e. The van der Waals surface area contributed by atoms with Gasteiger partial charge in [-0.1, -0.05) is 42.5 Å². The van der Waals surface area contributed by atoms with Crippen LogP contribution in [0.1, 0.15) is 16.9 Å². The monoisotopic (exact) mass is 405 g/mol. The first kappa shape index (κ1) is 18.3. The zero-order valence-corrected chi connectivity index (χ0v) is 15.9. The van der Waals surface area contributed by atoms with Crippen LogP contribution in [0.3, 0.4) is 0 Å². The lowest BCUT2D eigenvalue weighted by atomic mass is 9.85. The third-order valence-corrected chi connectivity index (χ3v) is 6.07. The summed E-state index contributed by atoms with van der Waals surface area (Å²) in [5, 5.41) is 6.71. The van der Waals surface area contributed by atoms with E-state index in [1.54, 1.807) is 6.07 Å². The molecule has 0 radical (unpaired) electrons. The van der Waals surface area contributed by atoms with Gasteiger partial charge < -0.3 is 0 Å². The third kappa shape index (κ3) is 2.90. The Bertz CT molecular complexity index is 1050. The summed E-state index contributed by atoms with van der Waals surface area (Å²) in [6, 6.07) is 10.9. The predicted molar refractivity (Wildman–Crippen MR) is 104 cm³/mol. The summed E-state index contributed by atoms with van der Waals surface area (Å²) >= 11 is 0. The molecule has 2 aromatic rings. The number of likely N-dealkylation sites (tertiary alicyclic amines) is 1. The van der Waals surface area contributed by atoms with E-state index in [0.717, 1.165) is 16.9 Å². The fraction of sp³-hybridized carbons (Fsp3) is 0.286. The van der Waals surface area contributed by atoms with Crippen molar-refractivity contribution in [2.45, 2.75) is 6.42 Å². The van der Waals surface area contributed by atoms with Crippen LogP contribution < -0.4 is 10.9 Å². The van der Waals surface area contributed by atoms with Crippen molar-refractivity contribution >= 4 is 23.6 Å². The number of aromatic amines is 1. The number of carbonyl (C=O) groups is 4. The maximum absolute atomic E-state index is 12.6. The molecule has 2 aliphatic carbocycles. The number of amides is 4. The average Bonchev–Trinajstić information content (AvgIpc) is 3.54. The van der Waals surface area contributed by atoms with Gasteiger partial charge in [0.1, 0.15) is 12.2 Å². The summed E-state index contributed by atoms with van der Waals surface area (Å²) in [6.45, 7) is -0.414. The average molecular weight is 405 g/mol. The zero-order valence-electron chi connectivity index (χ0n) is 15.9. The minimum absolute atomic E-state index is 0.0865. The third-order valence-electron chi connectivity index (χ3n) is 6.07. The normalized spacial score (nSPS) is 26.2. The largest absolute Gasteiger partial charge is 0.287 e. The van der Waals surface area contributed by atoms with E-state index < -0.39 is 18.4 Å². The molecule has 9 heteroatoms. The molecule has 30 heavy (non-hydrogen) atoms. The Morgan fingerprint density at radius 3 is 2.37 bits per heavy atom. The van der Waals surface area contributed by atoms with Gasteiger partial charge in [-0.25, -0.2) is 0 Å². The van der Waals surface area contributed by atoms with E-state index in [1.807, 2.05) is 42.5 Å². The van der Waals surface area contributed by atoms with Crippen molar-refractivity contribution < 1.29 is 19.2 Å². The van der Waals surface area contributed by atoms with Crippen molar-refractivity contribution in [1.82, 2.24) is 25.9 Å². The number of fused-ring (bicyclic) bond motifs is 5. The summed E-state index contributed by atoms with van der Waals surface area (Å²) in [5.41, 5.74) is 6.13. The van der Waals surface area contributed by atoms with E-state index in [2.05, 4.69) is 21.0 Å². The number of hydrogen-bond donors (Lipinski definition) is 3. The topological polar surface area (TPSA) is 124 Å². The van der Waals surface area contributed by atoms with Gasteiger partial charge in [-0.3, -0.25) is 40.0 Å². The van der Waals surface area contributed by atoms with Crippen LogP contribution in [0.25, 0.3) is 11.3 Å². The molecule has 4 amide bonds. The van der Waals surface area contributed by atoms with Gasteiger partial charge in [0.15, 0.2) is 0 Å².